The quantitative estimate of drug-likeness (QED) is 0.391. The van der Waals surface area contributed by atoms with Gasteiger partial charge in [0.2, 0.25) is 5.82 Å². The zero-order chi connectivity index (χ0) is 20.1. The molecule has 0 fully saturated rings. The van der Waals surface area contributed by atoms with Gasteiger partial charge in [0.1, 0.15) is 18.1 Å². The summed E-state index contributed by atoms with van der Waals surface area (Å²) in [7, 11) is 0. The molecule has 0 aliphatic carbocycles. The molecule has 9 heteroatoms. The number of tetrazole rings is 1. The molecule has 8 nitrogen and oxygen atoms in total. The van der Waals surface area contributed by atoms with Gasteiger partial charge in [-0.3, -0.25) is 4.79 Å². The molecule has 2 aromatic carbocycles. The molecule has 0 spiro atoms. The second-order valence-electron chi connectivity index (χ2n) is 5.98. The maximum Gasteiger partial charge on any atom is 0.263 e. The van der Waals surface area contributed by atoms with Gasteiger partial charge in [0.25, 0.3) is 5.91 Å². The van der Waals surface area contributed by atoms with Crippen molar-refractivity contribution >= 4 is 23.7 Å². The molecule has 1 N–H and O–H groups in total. The van der Waals surface area contributed by atoms with Crippen LogP contribution in [-0.2, 0) is 11.3 Å². The van der Waals surface area contributed by atoms with Crippen molar-refractivity contribution in [3.05, 3.63) is 77.5 Å². The summed E-state index contributed by atoms with van der Waals surface area (Å²) in [6.07, 6.45) is 1.41. The number of furan rings is 1. The highest BCUT2D eigenvalue weighted by Crippen LogP contribution is 2.28. The van der Waals surface area contributed by atoms with E-state index in [-0.39, 0.29) is 6.54 Å². The van der Waals surface area contributed by atoms with Gasteiger partial charge in [-0.15, -0.1) is 10.2 Å². The average molecular weight is 407 g/mol. The van der Waals surface area contributed by atoms with Gasteiger partial charge < -0.3 is 4.42 Å². The van der Waals surface area contributed by atoms with Crippen molar-refractivity contribution in [3.63, 3.8) is 0 Å². The van der Waals surface area contributed by atoms with E-state index in [0.717, 1.165) is 11.1 Å². The van der Waals surface area contributed by atoms with E-state index in [4.69, 9.17) is 16.0 Å². The molecule has 0 radical (unpaired) electrons. The Morgan fingerprint density at radius 2 is 1.90 bits per heavy atom. The SMILES string of the molecule is O=C(Cn1nnc(-c2ccccc2)n1)N/N=C\c1ccc(-c2ccccc2Cl)o1. The highest BCUT2D eigenvalue weighted by atomic mass is 35.5. The van der Waals surface area contributed by atoms with Crippen molar-refractivity contribution in [3.8, 4) is 22.7 Å². The van der Waals surface area contributed by atoms with Crippen LogP contribution in [0.2, 0.25) is 5.02 Å². The molecule has 4 rings (SSSR count). The lowest BCUT2D eigenvalue weighted by Gasteiger charge is -1.99. The Balaban J connectivity index is 1.34. The van der Waals surface area contributed by atoms with Gasteiger partial charge in [-0.25, -0.2) is 5.43 Å². The lowest BCUT2D eigenvalue weighted by atomic mass is 10.2. The van der Waals surface area contributed by atoms with E-state index < -0.39 is 5.91 Å². The number of halogens is 1. The van der Waals surface area contributed by atoms with Crippen LogP contribution in [0.5, 0.6) is 0 Å². The first-order valence-corrected chi connectivity index (χ1v) is 9.07. The average Bonchev–Trinajstić information content (AvgIpc) is 3.39. The highest BCUT2D eigenvalue weighted by molar-refractivity contribution is 6.33. The number of carbonyl (C=O) groups excluding carboxylic acids is 1. The van der Waals surface area contributed by atoms with Crippen molar-refractivity contribution in [2.45, 2.75) is 6.54 Å². The molecule has 29 heavy (non-hydrogen) atoms. The molecule has 0 unspecified atom stereocenters. The number of hydrazone groups is 1. The van der Waals surface area contributed by atoms with Gasteiger partial charge in [0.05, 0.1) is 11.2 Å². The summed E-state index contributed by atoms with van der Waals surface area (Å²) in [6, 6.07) is 20.3. The standard InChI is InChI=1S/C20H15ClN6O2/c21-17-9-5-4-8-16(17)18-11-10-15(29-18)12-22-23-19(28)13-27-25-20(24-26-27)14-6-2-1-3-7-14/h1-12H,13H2,(H,23,28)/b22-12-. The fraction of sp³-hybridized carbons (Fsp3) is 0.0500. The number of nitrogens with one attached hydrogen (secondary N) is 1. The van der Waals surface area contributed by atoms with E-state index in [2.05, 4.69) is 25.9 Å². The number of hydrogen-bond donors (Lipinski definition) is 1. The second kappa shape index (κ2) is 8.49. The predicted molar refractivity (Wildman–Crippen MR) is 108 cm³/mol. The number of benzene rings is 2. The molecule has 0 atom stereocenters. The zero-order valence-corrected chi connectivity index (χ0v) is 15.8. The van der Waals surface area contributed by atoms with E-state index >= 15 is 0 Å². The normalized spacial score (nSPS) is 11.1. The summed E-state index contributed by atoms with van der Waals surface area (Å²) in [6.45, 7) is -0.111. The van der Waals surface area contributed by atoms with Crippen LogP contribution in [0.15, 0.2) is 76.2 Å². The Labute approximate surface area is 170 Å². The Morgan fingerprint density at radius 1 is 1.10 bits per heavy atom. The number of aromatic nitrogens is 4. The third-order valence-electron chi connectivity index (χ3n) is 3.92. The Hall–Kier alpha value is -3.78. The van der Waals surface area contributed by atoms with Gasteiger partial charge in [-0.1, -0.05) is 54.1 Å². The van der Waals surface area contributed by atoms with Crippen molar-refractivity contribution in [2.24, 2.45) is 5.10 Å². The smallest absolute Gasteiger partial charge is 0.263 e. The van der Waals surface area contributed by atoms with Crippen LogP contribution in [-0.4, -0.2) is 32.3 Å². The predicted octanol–water partition coefficient (Wildman–Crippen LogP) is 3.40. The van der Waals surface area contributed by atoms with Crippen LogP contribution < -0.4 is 5.43 Å². The number of rotatable bonds is 6. The molecule has 1 amide bonds. The number of carbonyl (C=O) groups is 1. The van der Waals surface area contributed by atoms with Gasteiger partial charge in [0.15, 0.2) is 0 Å². The van der Waals surface area contributed by atoms with Crippen LogP contribution in [0.25, 0.3) is 22.7 Å². The first-order chi connectivity index (χ1) is 14.2. The number of hydrogen-bond acceptors (Lipinski definition) is 6. The molecule has 0 saturated carbocycles. The Morgan fingerprint density at radius 3 is 2.72 bits per heavy atom. The van der Waals surface area contributed by atoms with Crippen LogP contribution in [0.3, 0.4) is 0 Å². The van der Waals surface area contributed by atoms with Crippen molar-refractivity contribution in [2.75, 3.05) is 0 Å². The minimum Gasteiger partial charge on any atom is -0.455 e. The monoisotopic (exact) mass is 406 g/mol. The number of amides is 1. The summed E-state index contributed by atoms with van der Waals surface area (Å²) in [4.78, 5) is 13.2. The van der Waals surface area contributed by atoms with Crippen molar-refractivity contribution < 1.29 is 9.21 Å². The summed E-state index contributed by atoms with van der Waals surface area (Å²) in [5.41, 5.74) is 4.01. The minimum absolute atomic E-state index is 0.111. The number of nitrogens with zero attached hydrogens (tertiary/aromatic N) is 5. The molecule has 0 bridgehead atoms. The second-order valence-corrected chi connectivity index (χ2v) is 6.39. The van der Waals surface area contributed by atoms with E-state index in [9.17, 15) is 4.79 Å². The van der Waals surface area contributed by atoms with Crippen molar-refractivity contribution in [1.82, 2.24) is 25.6 Å². The lowest BCUT2D eigenvalue weighted by Crippen LogP contribution is -2.24. The van der Waals surface area contributed by atoms with Crippen LogP contribution >= 0.6 is 11.6 Å². The van der Waals surface area contributed by atoms with Gasteiger partial charge in [-0.2, -0.15) is 9.90 Å². The molecule has 4 aromatic rings. The van der Waals surface area contributed by atoms with E-state index in [1.807, 2.05) is 48.5 Å². The van der Waals surface area contributed by atoms with Gasteiger partial charge >= 0.3 is 0 Å². The Bertz CT molecular complexity index is 1150. The summed E-state index contributed by atoms with van der Waals surface area (Å²) in [5.74, 6) is 1.15. The third kappa shape index (κ3) is 4.56. The maximum absolute atomic E-state index is 12.0. The highest BCUT2D eigenvalue weighted by Gasteiger charge is 2.09. The first-order valence-electron chi connectivity index (χ1n) is 8.69. The Kier molecular flexibility index (Phi) is 5.44. The van der Waals surface area contributed by atoms with Crippen LogP contribution in [0, 0.1) is 0 Å². The molecule has 144 valence electrons. The first kappa shape index (κ1) is 18.6. The molecule has 0 aliphatic heterocycles. The summed E-state index contributed by atoms with van der Waals surface area (Å²) in [5, 5.41) is 16.5. The molecular weight excluding hydrogens is 392 g/mol. The molecule has 0 aliphatic rings. The fourth-order valence-electron chi connectivity index (χ4n) is 2.57. The zero-order valence-electron chi connectivity index (χ0n) is 15.1. The van der Waals surface area contributed by atoms with Gasteiger partial charge in [0, 0.05) is 11.1 Å². The summed E-state index contributed by atoms with van der Waals surface area (Å²) < 4.78 is 5.68. The fourth-order valence-corrected chi connectivity index (χ4v) is 2.80. The molecule has 2 aromatic heterocycles. The lowest BCUT2D eigenvalue weighted by molar-refractivity contribution is -0.122. The largest absolute Gasteiger partial charge is 0.455 e. The van der Waals surface area contributed by atoms with Crippen LogP contribution in [0.1, 0.15) is 5.76 Å². The van der Waals surface area contributed by atoms with Crippen LogP contribution in [0.4, 0.5) is 0 Å². The van der Waals surface area contributed by atoms with Crippen molar-refractivity contribution in [1.29, 1.82) is 0 Å². The minimum atomic E-state index is -0.392. The molecular formula is C20H15ClN6O2. The van der Waals surface area contributed by atoms with E-state index in [0.29, 0.717) is 22.4 Å². The summed E-state index contributed by atoms with van der Waals surface area (Å²) >= 11 is 6.16. The topological polar surface area (TPSA) is 98.2 Å². The molecule has 2 heterocycles. The van der Waals surface area contributed by atoms with E-state index in [1.165, 1.54) is 11.0 Å². The van der Waals surface area contributed by atoms with Gasteiger partial charge in [-0.05, 0) is 29.5 Å². The van der Waals surface area contributed by atoms with E-state index in [1.54, 1.807) is 18.2 Å². The maximum atomic E-state index is 12.0. The molecule has 0 saturated heterocycles. The third-order valence-corrected chi connectivity index (χ3v) is 4.25.